The minimum absolute atomic E-state index is 0.257. The molecule has 0 amide bonds. The first-order valence-electron chi connectivity index (χ1n) is 9.00. The summed E-state index contributed by atoms with van der Waals surface area (Å²) in [5.74, 6) is 1.87. The van der Waals surface area contributed by atoms with Crippen molar-refractivity contribution in [1.82, 2.24) is 10.6 Å². The van der Waals surface area contributed by atoms with Gasteiger partial charge in [-0.3, -0.25) is 0 Å². The molecule has 0 radical (unpaired) electrons. The lowest BCUT2D eigenvalue weighted by molar-refractivity contribution is 0.197. The van der Waals surface area contributed by atoms with Crippen LogP contribution < -0.4 is 10.6 Å². The van der Waals surface area contributed by atoms with Gasteiger partial charge in [0.2, 0.25) is 0 Å². The Labute approximate surface area is 129 Å². The van der Waals surface area contributed by atoms with E-state index in [1.165, 1.54) is 57.8 Å². The molecule has 2 rings (SSSR count). The maximum atomic E-state index is 8.86. The molecule has 2 fully saturated rings. The van der Waals surface area contributed by atoms with Crippen LogP contribution in [-0.4, -0.2) is 48.6 Å². The largest absolute Gasteiger partial charge is 0.395 e. The fourth-order valence-electron chi connectivity index (χ4n) is 4.21. The Morgan fingerprint density at radius 1 is 0.619 bits per heavy atom. The van der Waals surface area contributed by atoms with E-state index in [-0.39, 0.29) is 13.2 Å². The van der Waals surface area contributed by atoms with E-state index in [4.69, 9.17) is 10.2 Å². The summed E-state index contributed by atoms with van der Waals surface area (Å²) < 4.78 is 0. The Morgan fingerprint density at radius 2 is 1.00 bits per heavy atom. The first-order valence-corrected chi connectivity index (χ1v) is 9.00. The molecule has 124 valence electrons. The Hall–Kier alpha value is -0.160. The van der Waals surface area contributed by atoms with E-state index in [2.05, 4.69) is 10.6 Å². The van der Waals surface area contributed by atoms with E-state index in [0.717, 1.165) is 24.9 Å². The normalized spacial score (nSPS) is 34.0. The fraction of sp³-hybridized carbons (Fsp3) is 1.00. The van der Waals surface area contributed by atoms with Gasteiger partial charge in [-0.1, -0.05) is 0 Å². The molecule has 2 aliphatic carbocycles. The van der Waals surface area contributed by atoms with E-state index in [9.17, 15) is 0 Å². The van der Waals surface area contributed by atoms with Crippen molar-refractivity contribution < 1.29 is 10.2 Å². The fourth-order valence-corrected chi connectivity index (χ4v) is 4.21. The SMILES string of the molecule is OCCNC1CCC(CC2CCC(NCCO)CC2)CC1. The lowest BCUT2D eigenvalue weighted by Gasteiger charge is -2.34. The van der Waals surface area contributed by atoms with E-state index >= 15 is 0 Å². The maximum absolute atomic E-state index is 8.86. The van der Waals surface area contributed by atoms with Gasteiger partial charge in [-0.25, -0.2) is 0 Å². The zero-order valence-corrected chi connectivity index (χ0v) is 13.4. The van der Waals surface area contributed by atoms with Gasteiger partial charge < -0.3 is 20.8 Å². The molecule has 0 aromatic heterocycles. The van der Waals surface area contributed by atoms with Gasteiger partial charge in [0.25, 0.3) is 0 Å². The van der Waals surface area contributed by atoms with Crippen LogP contribution in [0.1, 0.15) is 57.8 Å². The van der Waals surface area contributed by atoms with Gasteiger partial charge in [-0.15, -0.1) is 0 Å². The molecule has 4 heteroatoms. The molecule has 0 saturated heterocycles. The van der Waals surface area contributed by atoms with Crippen LogP contribution in [0.15, 0.2) is 0 Å². The molecule has 4 nitrogen and oxygen atoms in total. The third-order valence-electron chi connectivity index (χ3n) is 5.45. The maximum Gasteiger partial charge on any atom is 0.0556 e. The molecule has 0 heterocycles. The van der Waals surface area contributed by atoms with Crippen LogP contribution in [0.25, 0.3) is 0 Å². The van der Waals surface area contributed by atoms with E-state index in [1.807, 2.05) is 0 Å². The lowest BCUT2D eigenvalue weighted by atomic mass is 9.75. The molecule has 4 N–H and O–H groups in total. The molecule has 0 unspecified atom stereocenters. The molecule has 2 aliphatic rings. The Balaban J connectivity index is 1.57. The number of aliphatic hydroxyl groups is 2. The van der Waals surface area contributed by atoms with Crippen LogP contribution in [0.3, 0.4) is 0 Å². The summed E-state index contributed by atoms with van der Waals surface area (Å²) in [4.78, 5) is 0. The predicted molar refractivity (Wildman–Crippen MR) is 86.3 cm³/mol. The second-order valence-corrected chi connectivity index (χ2v) is 7.03. The highest BCUT2D eigenvalue weighted by atomic mass is 16.3. The topological polar surface area (TPSA) is 64.5 Å². The third kappa shape index (κ3) is 6.23. The van der Waals surface area contributed by atoms with Crippen LogP contribution >= 0.6 is 0 Å². The summed E-state index contributed by atoms with van der Waals surface area (Å²) in [6.45, 7) is 2.02. The Morgan fingerprint density at radius 3 is 1.33 bits per heavy atom. The minimum Gasteiger partial charge on any atom is -0.395 e. The smallest absolute Gasteiger partial charge is 0.0556 e. The number of nitrogens with one attached hydrogen (secondary N) is 2. The molecular formula is C17H34N2O2. The second-order valence-electron chi connectivity index (χ2n) is 7.03. The molecule has 0 spiro atoms. The van der Waals surface area contributed by atoms with Gasteiger partial charge in [-0.2, -0.15) is 0 Å². The Bertz CT molecular complexity index is 234. The highest BCUT2D eigenvalue weighted by Gasteiger charge is 2.26. The predicted octanol–water partition coefficient (Wildman–Crippen LogP) is 1.66. The zero-order valence-electron chi connectivity index (χ0n) is 13.4. The van der Waals surface area contributed by atoms with Gasteiger partial charge >= 0.3 is 0 Å². The molecule has 0 aliphatic heterocycles. The van der Waals surface area contributed by atoms with Crippen LogP contribution in [0.4, 0.5) is 0 Å². The summed E-state index contributed by atoms with van der Waals surface area (Å²) in [7, 11) is 0. The molecule has 2 saturated carbocycles. The molecular weight excluding hydrogens is 264 g/mol. The average molecular weight is 298 g/mol. The van der Waals surface area contributed by atoms with E-state index in [0.29, 0.717) is 12.1 Å². The number of hydrogen-bond donors (Lipinski definition) is 4. The van der Waals surface area contributed by atoms with Crippen LogP contribution in [0, 0.1) is 11.8 Å². The van der Waals surface area contributed by atoms with Crippen molar-refractivity contribution in [2.75, 3.05) is 26.3 Å². The summed E-state index contributed by atoms with van der Waals surface area (Å²) in [5, 5.41) is 24.6. The highest BCUT2D eigenvalue weighted by Crippen LogP contribution is 2.35. The van der Waals surface area contributed by atoms with Crippen LogP contribution in [0.2, 0.25) is 0 Å². The Kier molecular flexibility index (Phi) is 8.01. The standard InChI is InChI=1S/C17H34N2O2/c20-11-9-18-16-5-1-14(2-6-16)13-15-3-7-17(8-4-15)19-10-12-21/h14-21H,1-13H2. The number of rotatable bonds is 8. The van der Waals surface area contributed by atoms with Gasteiger partial charge in [0, 0.05) is 25.2 Å². The molecule has 0 aromatic carbocycles. The van der Waals surface area contributed by atoms with Gasteiger partial charge in [-0.05, 0) is 69.6 Å². The quantitative estimate of drug-likeness (QED) is 0.550. The first kappa shape index (κ1) is 17.2. The monoisotopic (exact) mass is 298 g/mol. The second kappa shape index (κ2) is 9.78. The summed E-state index contributed by atoms with van der Waals surface area (Å²) in [6, 6.07) is 1.29. The van der Waals surface area contributed by atoms with Crippen molar-refractivity contribution >= 4 is 0 Å². The molecule has 0 bridgehead atoms. The summed E-state index contributed by atoms with van der Waals surface area (Å²) in [6.07, 6.45) is 12.1. The average Bonchev–Trinajstić information content (AvgIpc) is 2.53. The van der Waals surface area contributed by atoms with Gasteiger partial charge in [0.1, 0.15) is 0 Å². The van der Waals surface area contributed by atoms with Crippen molar-refractivity contribution in [1.29, 1.82) is 0 Å². The molecule has 21 heavy (non-hydrogen) atoms. The summed E-state index contributed by atoms with van der Waals surface area (Å²) in [5.41, 5.74) is 0. The molecule has 0 atom stereocenters. The summed E-state index contributed by atoms with van der Waals surface area (Å²) >= 11 is 0. The van der Waals surface area contributed by atoms with Crippen molar-refractivity contribution in [2.24, 2.45) is 11.8 Å². The highest BCUT2D eigenvalue weighted by molar-refractivity contribution is 4.82. The van der Waals surface area contributed by atoms with Crippen molar-refractivity contribution in [3.63, 3.8) is 0 Å². The van der Waals surface area contributed by atoms with Crippen LogP contribution in [-0.2, 0) is 0 Å². The third-order valence-corrected chi connectivity index (χ3v) is 5.45. The van der Waals surface area contributed by atoms with Gasteiger partial charge in [0.05, 0.1) is 13.2 Å². The van der Waals surface area contributed by atoms with Crippen LogP contribution in [0.5, 0.6) is 0 Å². The minimum atomic E-state index is 0.257. The number of aliphatic hydroxyl groups excluding tert-OH is 2. The van der Waals surface area contributed by atoms with E-state index < -0.39 is 0 Å². The van der Waals surface area contributed by atoms with Crippen molar-refractivity contribution in [3.8, 4) is 0 Å². The number of hydrogen-bond acceptors (Lipinski definition) is 4. The van der Waals surface area contributed by atoms with Crippen molar-refractivity contribution in [2.45, 2.75) is 69.9 Å². The van der Waals surface area contributed by atoms with Crippen molar-refractivity contribution in [3.05, 3.63) is 0 Å². The van der Waals surface area contributed by atoms with E-state index in [1.54, 1.807) is 0 Å². The lowest BCUT2D eigenvalue weighted by Crippen LogP contribution is -2.36. The molecule has 0 aromatic rings. The first-order chi connectivity index (χ1) is 10.3. The van der Waals surface area contributed by atoms with Gasteiger partial charge in [0.15, 0.2) is 0 Å². The zero-order chi connectivity index (χ0) is 14.9.